The summed E-state index contributed by atoms with van der Waals surface area (Å²) in [5, 5.41) is 2.63. The third kappa shape index (κ3) is 2.23. The van der Waals surface area contributed by atoms with Gasteiger partial charge in [-0.1, -0.05) is 26.0 Å². The van der Waals surface area contributed by atoms with Crippen molar-refractivity contribution in [1.29, 1.82) is 0 Å². The lowest BCUT2D eigenvalue weighted by Crippen LogP contribution is -2.58. The molecule has 1 aliphatic rings. The van der Waals surface area contributed by atoms with Crippen LogP contribution in [-0.4, -0.2) is 24.4 Å². The number of carbonyl (C=O) groups excluding carboxylic acids is 2. The maximum atomic E-state index is 12.0. The number of piperazine rings is 1. The summed E-state index contributed by atoms with van der Waals surface area (Å²) in [6.45, 7) is 4.08. The Hall–Kier alpha value is -1.84. The van der Waals surface area contributed by atoms with E-state index in [0.29, 0.717) is 6.42 Å². The quantitative estimate of drug-likeness (QED) is 0.878. The number of aryl methyl sites for hydroxylation is 1. The molecule has 1 fully saturated rings. The predicted molar refractivity (Wildman–Crippen MR) is 70.4 cm³/mol. The molecule has 96 valence electrons. The molecular weight excluding hydrogens is 228 g/mol. The molecule has 0 bridgehead atoms. The lowest BCUT2D eigenvalue weighted by atomic mass is 10.1. The monoisotopic (exact) mass is 246 g/mol. The zero-order chi connectivity index (χ0) is 13.1. The van der Waals surface area contributed by atoms with Gasteiger partial charge in [0.25, 0.3) is 0 Å². The van der Waals surface area contributed by atoms with Gasteiger partial charge >= 0.3 is 0 Å². The van der Waals surface area contributed by atoms with Gasteiger partial charge in [-0.3, -0.25) is 14.5 Å². The lowest BCUT2D eigenvalue weighted by molar-refractivity contribution is -0.131. The van der Waals surface area contributed by atoms with Crippen molar-refractivity contribution in [3.8, 4) is 0 Å². The Bertz CT molecular complexity index is 471. The van der Waals surface area contributed by atoms with Gasteiger partial charge in [0.05, 0.1) is 6.54 Å². The molecule has 2 amide bonds. The number of rotatable bonds is 3. The highest BCUT2D eigenvalue weighted by Crippen LogP contribution is 2.22. The molecule has 1 atom stereocenters. The fourth-order valence-corrected chi connectivity index (χ4v) is 2.27. The minimum absolute atomic E-state index is 0.0466. The van der Waals surface area contributed by atoms with Crippen LogP contribution in [0, 0.1) is 0 Å². The Morgan fingerprint density at radius 3 is 2.78 bits per heavy atom. The van der Waals surface area contributed by atoms with Gasteiger partial charge in [-0.15, -0.1) is 0 Å². The van der Waals surface area contributed by atoms with Gasteiger partial charge in [-0.2, -0.15) is 0 Å². The van der Waals surface area contributed by atoms with Crippen molar-refractivity contribution in [3.05, 3.63) is 29.8 Å². The summed E-state index contributed by atoms with van der Waals surface area (Å²) in [7, 11) is 0. The molecule has 1 aromatic rings. The predicted octanol–water partition coefficient (Wildman–Crippen LogP) is 1.49. The summed E-state index contributed by atoms with van der Waals surface area (Å²) in [6, 6.07) is 7.44. The Morgan fingerprint density at radius 2 is 2.11 bits per heavy atom. The number of amides is 2. The van der Waals surface area contributed by atoms with Gasteiger partial charge in [0, 0.05) is 5.69 Å². The molecule has 0 saturated carbocycles. The van der Waals surface area contributed by atoms with Gasteiger partial charge in [-0.05, 0) is 30.5 Å². The molecule has 0 radical (unpaired) electrons. The number of carbonyl (C=O) groups is 2. The zero-order valence-corrected chi connectivity index (χ0v) is 10.8. The van der Waals surface area contributed by atoms with E-state index < -0.39 is 6.04 Å². The van der Waals surface area contributed by atoms with Crippen molar-refractivity contribution in [1.82, 2.24) is 5.32 Å². The van der Waals surface area contributed by atoms with Crippen LogP contribution in [0.5, 0.6) is 0 Å². The number of nitrogens with one attached hydrogen (secondary N) is 1. The van der Waals surface area contributed by atoms with E-state index in [1.807, 2.05) is 31.2 Å². The van der Waals surface area contributed by atoms with Crippen LogP contribution in [0.4, 0.5) is 5.69 Å². The molecule has 1 unspecified atom stereocenters. The Labute approximate surface area is 107 Å². The molecule has 1 saturated heterocycles. The van der Waals surface area contributed by atoms with E-state index in [2.05, 4.69) is 12.2 Å². The average molecular weight is 246 g/mol. The first-order valence-electron chi connectivity index (χ1n) is 6.36. The summed E-state index contributed by atoms with van der Waals surface area (Å²) >= 11 is 0. The third-order valence-corrected chi connectivity index (χ3v) is 3.28. The van der Waals surface area contributed by atoms with Crippen molar-refractivity contribution in [2.45, 2.75) is 32.7 Å². The molecular formula is C14H18N2O2. The molecule has 1 aliphatic heterocycles. The molecule has 1 heterocycles. The first-order valence-corrected chi connectivity index (χ1v) is 6.36. The normalized spacial score (nSPS) is 19.9. The number of hydrogen-bond donors (Lipinski definition) is 1. The second kappa shape index (κ2) is 5.21. The molecule has 0 aromatic heterocycles. The molecule has 4 nitrogen and oxygen atoms in total. The minimum atomic E-state index is -0.390. The summed E-state index contributed by atoms with van der Waals surface area (Å²) < 4.78 is 0. The molecule has 0 aliphatic carbocycles. The van der Waals surface area contributed by atoms with Gasteiger partial charge in [0.2, 0.25) is 11.8 Å². The minimum Gasteiger partial charge on any atom is -0.345 e. The fourth-order valence-electron chi connectivity index (χ4n) is 2.27. The van der Waals surface area contributed by atoms with Crippen molar-refractivity contribution in [3.63, 3.8) is 0 Å². The molecule has 4 heteroatoms. The molecule has 1 aromatic carbocycles. The Balaban J connectivity index is 2.38. The van der Waals surface area contributed by atoms with Crippen LogP contribution in [-0.2, 0) is 16.0 Å². The summed E-state index contributed by atoms with van der Waals surface area (Å²) in [5.41, 5.74) is 1.99. The van der Waals surface area contributed by atoms with Crippen molar-refractivity contribution in [2.75, 3.05) is 11.4 Å². The van der Waals surface area contributed by atoms with Crippen LogP contribution in [0.2, 0.25) is 0 Å². The van der Waals surface area contributed by atoms with E-state index in [4.69, 9.17) is 0 Å². The lowest BCUT2D eigenvalue weighted by Gasteiger charge is -2.34. The van der Waals surface area contributed by atoms with E-state index in [-0.39, 0.29) is 18.4 Å². The third-order valence-electron chi connectivity index (χ3n) is 3.28. The smallest absolute Gasteiger partial charge is 0.247 e. The average Bonchev–Trinajstić information content (AvgIpc) is 2.41. The number of benzene rings is 1. The second-order valence-corrected chi connectivity index (χ2v) is 4.43. The van der Waals surface area contributed by atoms with Gasteiger partial charge in [0.15, 0.2) is 0 Å². The molecule has 0 spiro atoms. The van der Waals surface area contributed by atoms with E-state index in [1.165, 1.54) is 5.56 Å². The Morgan fingerprint density at radius 1 is 1.33 bits per heavy atom. The standard InChI is InChI=1S/C14H18N2O2/c1-3-10-6-5-7-11(8-10)16-12(4-2)14(18)15-9-13(16)17/h5-8,12H,3-4,9H2,1-2H3,(H,15,18). The van der Waals surface area contributed by atoms with E-state index in [1.54, 1.807) is 4.90 Å². The highest BCUT2D eigenvalue weighted by Gasteiger charge is 2.34. The SMILES string of the molecule is CCc1cccc(N2C(=O)CNC(=O)C2CC)c1. The van der Waals surface area contributed by atoms with Crippen LogP contribution in [0.1, 0.15) is 25.8 Å². The van der Waals surface area contributed by atoms with Crippen molar-refractivity contribution >= 4 is 17.5 Å². The highest BCUT2D eigenvalue weighted by molar-refractivity contribution is 6.06. The van der Waals surface area contributed by atoms with Gasteiger partial charge in [0.1, 0.15) is 6.04 Å². The molecule has 18 heavy (non-hydrogen) atoms. The highest BCUT2D eigenvalue weighted by atomic mass is 16.2. The van der Waals surface area contributed by atoms with Crippen molar-refractivity contribution in [2.24, 2.45) is 0 Å². The van der Waals surface area contributed by atoms with Crippen LogP contribution < -0.4 is 10.2 Å². The van der Waals surface area contributed by atoms with Gasteiger partial charge in [-0.25, -0.2) is 0 Å². The maximum Gasteiger partial charge on any atom is 0.247 e. The second-order valence-electron chi connectivity index (χ2n) is 4.43. The molecule has 2 rings (SSSR count). The van der Waals surface area contributed by atoms with E-state index in [0.717, 1.165) is 12.1 Å². The summed E-state index contributed by atoms with van der Waals surface area (Å²) in [4.78, 5) is 25.4. The maximum absolute atomic E-state index is 12.0. The summed E-state index contributed by atoms with van der Waals surface area (Å²) in [5.74, 6) is -0.117. The van der Waals surface area contributed by atoms with Crippen LogP contribution in [0.25, 0.3) is 0 Å². The van der Waals surface area contributed by atoms with E-state index in [9.17, 15) is 9.59 Å². The first kappa shape index (κ1) is 12.6. The number of hydrogen-bond acceptors (Lipinski definition) is 2. The van der Waals surface area contributed by atoms with Crippen LogP contribution >= 0.6 is 0 Å². The van der Waals surface area contributed by atoms with Crippen LogP contribution in [0.15, 0.2) is 24.3 Å². The largest absolute Gasteiger partial charge is 0.345 e. The summed E-state index contributed by atoms with van der Waals surface area (Å²) in [6.07, 6.45) is 1.53. The Kier molecular flexibility index (Phi) is 3.65. The topological polar surface area (TPSA) is 49.4 Å². The fraction of sp³-hybridized carbons (Fsp3) is 0.429. The van der Waals surface area contributed by atoms with Crippen LogP contribution in [0.3, 0.4) is 0 Å². The first-order chi connectivity index (χ1) is 8.67. The molecule has 1 N–H and O–H groups in total. The number of nitrogens with zero attached hydrogens (tertiary/aromatic N) is 1. The zero-order valence-electron chi connectivity index (χ0n) is 10.8. The van der Waals surface area contributed by atoms with Gasteiger partial charge < -0.3 is 5.32 Å². The number of anilines is 1. The van der Waals surface area contributed by atoms with E-state index >= 15 is 0 Å². The van der Waals surface area contributed by atoms with Crippen molar-refractivity contribution < 1.29 is 9.59 Å².